The summed E-state index contributed by atoms with van der Waals surface area (Å²) in [7, 11) is 3.11. The Morgan fingerprint density at radius 3 is 2.85 bits per heavy atom. The topological polar surface area (TPSA) is 125 Å². The second-order valence-electron chi connectivity index (χ2n) is 8.65. The van der Waals surface area contributed by atoms with E-state index < -0.39 is 18.0 Å². The number of nitriles is 1. The van der Waals surface area contributed by atoms with E-state index in [1.807, 2.05) is 18.2 Å². The lowest BCUT2D eigenvalue weighted by Gasteiger charge is -2.24. The fraction of sp³-hybridized carbons (Fsp3) is 0.500. The highest BCUT2D eigenvalue weighted by atomic mass is 16.5. The second kappa shape index (κ2) is 9.63. The quantitative estimate of drug-likeness (QED) is 0.663. The zero-order chi connectivity index (χ0) is 23.5. The zero-order valence-corrected chi connectivity index (χ0v) is 18.8. The average Bonchev–Trinajstić information content (AvgIpc) is 3.55. The fourth-order valence-corrected chi connectivity index (χ4v) is 4.85. The Kier molecular flexibility index (Phi) is 6.65. The van der Waals surface area contributed by atoms with Gasteiger partial charge in [0.1, 0.15) is 29.3 Å². The number of nitrogens with zero attached hydrogens (tertiary/aromatic N) is 2. The van der Waals surface area contributed by atoms with Crippen LogP contribution in [0.3, 0.4) is 0 Å². The van der Waals surface area contributed by atoms with Crippen LogP contribution in [0, 0.1) is 17.2 Å². The molecular weight excluding hydrogens is 424 g/mol. The predicted molar refractivity (Wildman–Crippen MR) is 120 cm³/mol. The highest BCUT2D eigenvalue weighted by molar-refractivity contribution is 6.01. The SMILES string of the molecule is COc1cccc2[nH]c(C(=O)N3C[C@H](OC)C[C@H]3C(=O)N[C@H](C#N)C[C@@H]3CCCC3=O)cc12. The number of benzene rings is 1. The number of ketones is 1. The van der Waals surface area contributed by atoms with Crippen molar-refractivity contribution in [3.05, 3.63) is 30.0 Å². The number of methoxy groups -OCH3 is 2. The molecule has 1 aliphatic carbocycles. The number of carbonyl (C=O) groups is 3. The molecule has 33 heavy (non-hydrogen) atoms. The molecule has 2 aliphatic rings. The summed E-state index contributed by atoms with van der Waals surface area (Å²) < 4.78 is 10.8. The highest BCUT2D eigenvalue weighted by Gasteiger charge is 2.41. The lowest BCUT2D eigenvalue weighted by Crippen LogP contribution is -2.49. The van der Waals surface area contributed by atoms with Crippen molar-refractivity contribution in [2.75, 3.05) is 20.8 Å². The van der Waals surface area contributed by atoms with Crippen LogP contribution in [-0.2, 0) is 14.3 Å². The molecule has 2 heterocycles. The van der Waals surface area contributed by atoms with Gasteiger partial charge in [-0.3, -0.25) is 14.4 Å². The number of rotatable bonds is 7. The monoisotopic (exact) mass is 452 g/mol. The summed E-state index contributed by atoms with van der Waals surface area (Å²) in [6.07, 6.45) is 2.45. The molecule has 0 bridgehead atoms. The third-order valence-electron chi connectivity index (χ3n) is 6.66. The smallest absolute Gasteiger partial charge is 0.271 e. The van der Waals surface area contributed by atoms with E-state index >= 15 is 0 Å². The summed E-state index contributed by atoms with van der Waals surface area (Å²) in [4.78, 5) is 43.1. The summed E-state index contributed by atoms with van der Waals surface area (Å²) >= 11 is 0. The molecule has 0 radical (unpaired) electrons. The van der Waals surface area contributed by atoms with E-state index in [-0.39, 0.29) is 30.3 Å². The third kappa shape index (κ3) is 4.57. The Morgan fingerprint density at radius 1 is 1.36 bits per heavy atom. The van der Waals surface area contributed by atoms with E-state index in [1.165, 1.54) is 4.90 Å². The molecule has 2 aromatic rings. The lowest BCUT2D eigenvalue weighted by molar-refractivity contribution is -0.126. The van der Waals surface area contributed by atoms with Gasteiger partial charge in [0.2, 0.25) is 5.91 Å². The number of likely N-dealkylation sites (tertiary alicyclic amines) is 1. The first-order chi connectivity index (χ1) is 15.9. The van der Waals surface area contributed by atoms with Crippen molar-refractivity contribution in [3.63, 3.8) is 0 Å². The molecule has 1 saturated heterocycles. The number of H-pyrrole nitrogens is 1. The van der Waals surface area contributed by atoms with Crippen molar-refractivity contribution in [1.29, 1.82) is 5.26 Å². The Morgan fingerprint density at radius 2 is 2.18 bits per heavy atom. The molecule has 174 valence electrons. The van der Waals surface area contributed by atoms with Gasteiger partial charge in [-0.1, -0.05) is 6.07 Å². The number of carbonyl (C=O) groups excluding carboxylic acids is 3. The average molecular weight is 453 g/mol. The van der Waals surface area contributed by atoms with E-state index in [4.69, 9.17) is 9.47 Å². The lowest BCUT2D eigenvalue weighted by atomic mass is 9.98. The highest BCUT2D eigenvalue weighted by Crippen LogP contribution is 2.29. The van der Waals surface area contributed by atoms with E-state index in [0.29, 0.717) is 30.7 Å². The first-order valence-corrected chi connectivity index (χ1v) is 11.2. The van der Waals surface area contributed by atoms with Crippen LogP contribution in [0.15, 0.2) is 24.3 Å². The molecule has 9 nitrogen and oxygen atoms in total. The van der Waals surface area contributed by atoms with Crippen molar-refractivity contribution in [3.8, 4) is 11.8 Å². The Hall–Kier alpha value is -3.38. The van der Waals surface area contributed by atoms with Gasteiger partial charge in [-0.15, -0.1) is 0 Å². The van der Waals surface area contributed by atoms with Gasteiger partial charge in [0, 0.05) is 43.3 Å². The molecule has 1 aromatic heterocycles. The summed E-state index contributed by atoms with van der Waals surface area (Å²) in [5.74, 6) is -0.132. The van der Waals surface area contributed by atoms with Gasteiger partial charge in [0.25, 0.3) is 5.91 Å². The van der Waals surface area contributed by atoms with Crippen LogP contribution in [0.5, 0.6) is 5.75 Å². The van der Waals surface area contributed by atoms with Crippen LogP contribution in [0.4, 0.5) is 0 Å². The van der Waals surface area contributed by atoms with Crippen molar-refractivity contribution in [2.45, 2.75) is 50.3 Å². The maximum Gasteiger partial charge on any atom is 0.271 e. The largest absolute Gasteiger partial charge is 0.496 e. The molecule has 4 atom stereocenters. The first-order valence-electron chi connectivity index (χ1n) is 11.2. The minimum Gasteiger partial charge on any atom is -0.496 e. The van der Waals surface area contributed by atoms with Gasteiger partial charge in [-0.25, -0.2) is 0 Å². The second-order valence-corrected chi connectivity index (χ2v) is 8.65. The Bertz CT molecular complexity index is 1100. The molecule has 2 fully saturated rings. The van der Waals surface area contributed by atoms with Crippen molar-refractivity contribution in [2.24, 2.45) is 5.92 Å². The number of nitrogens with one attached hydrogen (secondary N) is 2. The number of hydrogen-bond donors (Lipinski definition) is 2. The number of amides is 2. The molecule has 4 rings (SSSR count). The van der Waals surface area contributed by atoms with Gasteiger partial charge in [0.15, 0.2) is 0 Å². The van der Waals surface area contributed by atoms with E-state index in [1.54, 1.807) is 20.3 Å². The van der Waals surface area contributed by atoms with Crippen LogP contribution < -0.4 is 10.1 Å². The molecule has 1 aromatic carbocycles. The minimum absolute atomic E-state index is 0.149. The molecule has 0 unspecified atom stereocenters. The van der Waals surface area contributed by atoms with Crippen LogP contribution in [0.1, 0.15) is 42.6 Å². The predicted octanol–water partition coefficient (Wildman–Crippen LogP) is 2.17. The van der Waals surface area contributed by atoms with E-state index in [9.17, 15) is 19.6 Å². The number of hydrogen-bond acceptors (Lipinski definition) is 6. The van der Waals surface area contributed by atoms with Gasteiger partial charge < -0.3 is 24.7 Å². The van der Waals surface area contributed by atoms with Crippen LogP contribution in [-0.4, -0.2) is 66.4 Å². The summed E-state index contributed by atoms with van der Waals surface area (Å²) in [6, 6.07) is 7.76. The number of fused-ring (bicyclic) bond motifs is 1. The van der Waals surface area contributed by atoms with Gasteiger partial charge >= 0.3 is 0 Å². The van der Waals surface area contributed by atoms with Gasteiger partial charge in [-0.2, -0.15) is 5.26 Å². The van der Waals surface area contributed by atoms with Crippen LogP contribution in [0.25, 0.3) is 10.9 Å². The van der Waals surface area contributed by atoms with Crippen LogP contribution >= 0.6 is 0 Å². The molecule has 1 saturated carbocycles. The van der Waals surface area contributed by atoms with Crippen molar-refractivity contribution >= 4 is 28.5 Å². The third-order valence-corrected chi connectivity index (χ3v) is 6.66. The summed E-state index contributed by atoms with van der Waals surface area (Å²) in [6.45, 7) is 0.262. The number of ether oxygens (including phenoxy) is 2. The fourth-order valence-electron chi connectivity index (χ4n) is 4.85. The number of aromatic nitrogens is 1. The van der Waals surface area contributed by atoms with Gasteiger partial charge in [-0.05, 0) is 37.5 Å². The number of aromatic amines is 1. The molecule has 1 aliphatic heterocycles. The van der Waals surface area contributed by atoms with E-state index in [0.717, 1.165) is 23.7 Å². The first kappa shape index (κ1) is 22.8. The Labute approximate surface area is 192 Å². The summed E-state index contributed by atoms with van der Waals surface area (Å²) in [5.41, 5.74) is 1.10. The molecule has 9 heteroatoms. The van der Waals surface area contributed by atoms with Crippen molar-refractivity contribution < 1.29 is 23.9 Å². The zero-order valence-electron chi connectivity index (χ0n) is 18.8. The Balaban J connectivity index is 1.52. The molecular formula is C24H28N4O5. The normalized spacial score (nSPS) is 23.5. The molecule has 2 amide bonds. The maximum absolute atomic E-state index is 13.4. The number of Topliss-reactive ketones (excluding diaryl/α,β-unsaturated/α-hetero) is 1. The molecule has 2 N–H and O–H groups in total. The maximum atomic E-state index is 13.4. The molecule has 0 spiro atoms. The van der Waals surface area contributed by atoms with Crippen molar-refractivity contribution in [1.82, 2.24) is 15.2 Å². The van der Waals surface area contributed by atoms with Crippen LogP contribution in [0.2, 0.25) is 0 Å². The standard InChI is InChI=1S/C24H28N4O5/c1-32-16-10-20(23(30)26-15(12-25)9-14-5-3-7-21(14)29)28(13-16)24(31)19-11-17-18(27-19)6-4-8-22(17)33-2/h4,6,8,11,14-16,20,27H,3,5,7,9-10,13H2,1-2H3,(H,26,30)/t14-,15-,16+,20-/m0/s1. The van der Waals surface area contributed by atoms with Gasteiger partial charge in [0.05, 0.1) is 19.3 Å². The van der Waals surface area contributed by atoms with E-state index in [2.05, 4.69) is 16.4 Å². The minimum atomic E-state index is -0.777. The summed E-state index contributed by atoms with van der Waals surface area (Å²) in [5, 5.41) is 13.1.